The van der Waals surface area contributed by atoms with E-state index >= 15 is 0 Å². The number of phosphoric acid groups is 1. The molecule has 0 saturated heterocycles. The Morgan fingerprint density at radius 2 is 1.07 bits per heavy atom. The Hall–Kier alpha value is -0.0100. The van der Waals surface area contributed by atoms with Gasteiger partial charge in [0, 0.05) is 0 Å². The van der Waals surface area contributed by atoms with E-state index < -0.39 is 7.82 Å². The topological polar surface area (TPSA) is 129 Å². The van der Waals surface area contributed by atoms with Crippen LogP contribution < -0.4 is 15.1 Å². The first-order valence-electron chi connectivity index (χ1n) is 11.2. The number of aliphatic hydroxyl groups excluding tert-OH is 2. The summed E-state index contributed by atoms with van der Waals surface area (Å²) in [6.07, 6.45) is 17.4. The molecule has 7 nitrogen and oxygen atoms in total. The first-order valence-corrected chi connectivity index (χ1v) is 12.6. The SMILES string of the molecule is CCCCCCCCCCCCCCCCOP(=O)([O-])[O-].OCC[NH2+]CCO. The van der Waals surface area contributed by atoms with Gasteiger partial charge in [-0.25, -0.2) is 0 Å². The van der Waals surface area contributed by atoms with Crippen LogP contribution in [-0.4, -0.2) is 43.1 Å². The zero-order valence-electron chi connectivity index (χ0n) is 18.0. The highest BCUT2D eigenvalue weighted by molar-refractivity contribution is 7.43. The molecule has 0 radical (unpaired) electrons. The highest BCUT2D eigenvalue weighted by Crippen LogP contribution is 2.24. The maximum Gasteiger partial charge on any atom is 0.0991 e. The molecule has 0 amide bonds. The van der Waals surface area contributed by atoms with E-state index in [1.54, 1.807) is 0 Å². The predicted octanol–water partition coefficient (Wildman–Crippen LogP) is 1.85. The highest BCUT2D eigenvalue weighted by Gasteiger charge is 1.95. The highest BCUT2D eigenvalue weighted by atomic mass is 31.2. The van der Waals surface area contributed by atoms with Crippen molar-refractivity contribution in [1.29, 1.82) is 0 Å². The molecule has 0 atom stereocenters. The van der Waals surface area contributed by atoms with Crippen molar-refractivity contribution in [1.82, 2.24) is 0 Å². The van der Waals surface area contributed by atoms with Crippen LogP contribution in [-0.2, 0) is 9.09 Å². The minimum atomic E-state index is -4.75. The van der Waals surface area contributed by atoms with Crippen LogP contribution in [0.1, 0.15) is 96.8 Å². The van der Waals surface area contributed by atoms with Gasteiger partial charge in [0.1, 0.15) is 0 Å². The first kappa shape index (κ1) is 30.2. The molecule has 8 heteroatoms. The van der Waals surface area contributed by atoms with E-state index in [1.165, 1.54) is 70.6 Å². The van der Waals surface area contributed by atoms with E-state index in [1.807, 2.05) is 5.32 Å². The monoisotopic (exact) mass is 426 g/mol. The Bertz CT molecular complexity index is 324. The maximum atomic E-state index is 10.2. The van der Waals surface area contributed by atoms with Crippen LogP contribution in [0.3, 0.4) is 0 Å². The molecule has 0 spiro atoms. The van der Waals surface area contributed by atoms with Crippen LogP contribution >= 0.6 is 7.82 Å². The molecule has 0 aromatic rings. The van der Waals surface area contributed by atoms with Crippen LogP contribution in [0.15, 0.2) is 0 Å². The summed E-state index contributed by atoms with van der Waals surface area (Å²) in [7, 11) is -4.75. The molecule has 0 aliphatic heterocycles. The summed E-state index contributed by atoms with van der Waals surface area (Å²) in [6, 6.07) is 0. The number of rotatable bonds is 20. The number of quaternary nitrogens is 1. The van der Waals surface area contributed by atoms with Gasteiger partial charge in [-0.1, -0.05) is 90.4 Å². The molecule has 0 saturated carbocycles. The molecule has 0 heterocycles. The average molecular weight is 427 g/mol. The fraction of sp³-hybridized carbons (Fsp3) is 1.00. The summed E-state index contributed by atoms with van der Waals surface area (Å²) in [5.74, 6) is 0. The fourth-order valence-corrected chi connectivity index (χ4v) is 3.15. The second-order valence-electron chi connectivity index (χ2n) is 7.19. The Kier molecular flexibility index (Phi) is 27.0. The normalized spacial score (nSPS) is 11.3. The van der Waals surface area contributed by atoms with Gasteiger partial charge in [-0.3, -0.25) is 0 Å². The minimum Gasteiger partial charge on any atom is -0.790 e. The molecule has 0 fully saturated rings. The van der Waals surface area contributed by atoms with Gasteiger partial charge in [0.2, 0.25) is 0 Å². The van der Waals surface area contributed by atoms with Gasteiger partial charge in [-0.15, -0.1) is 0 Å². The number of aliphatic hydroxyl groups is 2. The molecule has 0 bridgehead atoms. The third-order valence-electron chi connectivity index (χ3n) is 4.41. The number of unbranched alkanes of at least 4 members (excludes halogenated alkanes) is 13. The first-order chi connectivity index (χ1) is 13.5. The van der Waals surface area contributed by atoms with Crippen molar-refractivity contribution in [3.8, 4) is 0 Å². The van der Waals surface area contributed by atoms with Crippen molar-refractivity contribution in [3.05, 3.63) is 0 Å². The maximum absolute atomic E-state index is 10.2. The lowest BCUT2D eigenvalue weighted by Gasteiger charge is -2.28. The van der Waals surface area contributed by atoms with Gasteiger partial charge in [0.15, 0.2) is 0 Å². The van der Waals surface area contributed by atoms with Gasteiger partial charge in [-0.05, 0) is 6.42 Å². The van der Waals surface area contributed by atoms with Gasteiger partial charge in [0.05, 0.1) is 40.7 Å². The molecule has 0 aliphatic carbocycles. The van der Waals surface area contributed by atoms with Crippen LogP contribution in [0, 0.1) is 0 Å². The van der Waals surface area contributed by atoms with E-state index in [4.69, 9.17) is 10.2 Å². The molecule has 0 aromatic carbocycles. The number of nitrogens with two attached hydrogens (primary N) is 1. The van der Waals surface area contributed by atoms with Crippen molar-refractivity contribution in [2.45, 2.75) is 96.8 Å². The van der Waals surface area contributed by atoms with E-state index in [-0.39, 0.29) is 19.8 Å². The smallest absolute Gasteiger partial charge is 0.0991 e. The summed E-state index contributed by atoms with van der Waals surface area (Å²) in [5, 5.41) is 18.2. The van der Waals surface area contributed by atoms with Crippen LogP contribution in [0.5, 0.6) is 0 Å². The molecular weight excluding hydrogens is 381 g/mol. The van der Waals surface area contributed by atoms with E-state index in [9.17, 15) is 14.4 Å². The molecule has 0 aliphatic rings. The third-order valence-corrected chi connectivity index (χ3v) is 4.91. The number of hydrogen-bond acceptors (Lipinski definition) is 6. The number of phosphoric ester groups is 1. The van der Waals surface area contributed by atoms with Crippen molar-refractivity contribution < 1.29 is 34.4 Å². The second kappa shape index (κ2) is 25.0. The third kappa shape index (κ3) is 33.6. The molecular formula is C20H45NO6P-. The second-order valence-corrected chi connectivity index (χ2v) is 8.34. The number of hydrogen-bond donors (Lipinski definition) is 3. The molecule has 4 N–H and O–H groups in total. The lowest BCUT2D eigenvalue weighted by atomic mass is 10.0. The van der Waals surface area contributed by atoms with Crippen molar-refractivity contribution in [2.75, 3.05) is 32.9 Å². The minimum absolute atomic E-state index is 0.0440. The van der Waals surface area contributed by atoms with Crippen molar-refractivity contribution >= 4 is 7.82 Å². The zero-order chi connectivity index (χ0) is 21.3. The van der Waals surface area contributed by atoms with Gasteiger partial charge in [0.25, 0.3) is 0 Å². The Labute approximate surface area is 172 Å². The lowest BCUT2D eigenvalue weighted by molar-refractivity contribution is -0.657. The zero-order valence-corrected chi connectivity index (χ0v) is 18.9. The molecule has 172 valence electrons. The largest absolute Gasteiger partial charge is 0.790 e. The van der Waals surface area contributed by atoms with E-state index in [2.05, 4.69) is 11.4 Å². The average Bonchev–Trinajstić information content (AvgIpc) is 2.65. The van der Waals surface area contributed by atoms with Gasteiger partial charge in [-0.2, -0.15) is 0 Å². The van der Waals surface area contributed by atoms with Crippen molar-refractivity contribution in [2.24, 2.45) is 0 Å². The summed E-state index contributed by atoms with van der Waals surface area (Å²) >= 11 is 0. The quantitative estimate of drug-likeness (QED) is 0.201. The van der Waals surface area contributed by atoms with Crippen molar-refractivity contribution in [3.63, 3.8) is 0 Å². The van der Waals surface area contributed by atoms with E-state index in [0.29, 0.717) is 19.5 Å². The van der Waals surface area contributed by atoms with E-state index in [0.717, 1.165) is 12.8 Å². The summed E-state index contributed by atoms with van der Waals surface area (Å²) in [6.45, 7) is 4.07. The Morgan fingerprint density at radius 1 is 0.714 bits per heavy atom. The summed E-state index contributed by atoms with van der Waals surface area (Å²) in [4.78, 5) is 20.4. The fourth-order valence-electron chi connectivity index (χ4n) is 2.80. The van der Waals surface area contributed by atoms with Gasteiger partial charge < -0.3 is 34.4 Å². The summed E-state index contributed by atoms with van der Waals surface area (Å²) in [5.41, 5.74) is 0. The molecule has 28 heavy (non-hydrogen) atoms. The lowest BCUT2D eigenvalue weighted by Crippen LogP contribution is -2.85. The molecule has 0 aromatic heterocycles. The van der Waals surface area contributed by atoms with Gasteiger partial charge >= 0.3 is 0 Å². The van der Waals surface area contributed by atoms with Crippen LogP contribution in [0.25, 0.3) is 0 Å². The molecule has 0 rings (SSSR count). The van der Waals surface area contributed by atoms with Crippen LogP contribution in [0.4, 0.5) is 0 Å². The Balaban J connectivity index is 0. The summed E-state index contributed by atoms with van der Waals surface area (Å²) < 4.78 is 14.4. The molecule has 0 unspecified atom stereocenters. The standard InChI is InChI=1S/C16H35O4P.C4H11NO2/c1-2-3-4-5-6-7-8-9-10-11-12-13-14-15-16-20-21(17,18)19;6-3-1-5-2-4-7/h2-16H2,1H3,(H2,17,18,19);5-7H,1-4H2/p-1. The predicted molar refractivity (Wildman–Crippen MR) is 110 cm³/mol. The Morgan fingerprint density at radius 3 is 1.39 bits per heavy atom. The van der Waals surface area contributed by atoms with Crippen LogP contribution in [0.2, 0.25) is 0 Å².